The predicted molar refractivity (Wildman–Crippen MR) is 83.9 cm³/mol. The van der Waals surface area contributed by atoms with Gasteiger partial charge in [0.15, 0.2) is 0 Å². The average Bonchev–Trinajstić information content (AvgIpc) is 2.37. The molecule has 6 heteroatoms. The van der Waals surface area contributed by atoms with Crippen molar-refractivity contribution in [3.8, 4) is 0 Å². The predicted octanol–water partition coefficient (Wildman–Crippen LogP) is 5.37. The van der Waals surface area contributed by atoms with Gasteiger partial charge in [0.05, 0.1) is 10.2 Å². The van der Waals surface area contributed by atoms with Crippen LogP contribution in [0.3, 0.4) is 0 Å². The van der Waals surface area contributed by atoms with Crippen LogP contribution >= 0.6 is 47.8 Å². The van der Waals surface area contributed by atoms with E-state index in [4.69, 9.17) is 0 Å². The Morgan fingerprint density at radius 3 is 2.21 bits per heavy atom. The fourth-order valence-corrected chi connectivity index (χ4v) is 3.02. The molecule has 1 N–H and O–H groups in total. The molecule has 0 spiro atoms. The Kier molecular flexibility index (Phi) is 4.76. The fourth-order valence-electron chi connectivity index (χ4n) is 1.44. The highest BCUT2D eigenvalue weighted by Crippen LogP contribution is 2.31. The van der Waals surface area contributed by atoms with Crippen LogP contribution in [0.25, 0.3) is 0 Å². The SMILES string of the molecule is O=C(Nc1c(Br)cccc1Br)c1ccc(F)c(Br)c1. The first-order valence-electron chi connectivity index (χ1n) is 5.19. The highest BCUT2D eigenvalue weighted by atomic mass is 79.9. The molecule has 0 bridgehead atoms. The highest BCUT2D eigenvalue weighted by molar-refractivity contribution is 9.11. The minimum absolute atomic E-state index is 0.256. The van der Waals surface area contributed by atoms with Crippen LogP contribution in [-0.4, -0.2) is 5.91 Å². The summed E-state index contributed by atoms with van der Waals surface area (Å²) in [6.07, 6.45) is 0. The van der Waals surface area contributed by atoms with Crippen LogP contribution in [0.15, 0.2) is 49.8 Å². The second kappa shape index (κ2) is 6.15. The third-order valence-corrected chi connectivity index (χ3v) is 4.31. The van der Waals surface area contributed by atoms with Gasteiger partial charge in [-0.25, -0.2) is 4.39 Å². The molecule has 0 aromatic heterocycles. The lowest BCUT2D eigenvalue weighted by atomic mass is 10.2. The van der Waals surface area contributed by atoms with Crippen molar-refractivity contribution >= 4 is 59.4 Å². The summed E-state index contributed by atoms with van der Waals surface area (Å²) in [5, 5.41) is 2.77. The van der Waals surface area contributed by atoms with Gasteiger partial charge in [-0.3, -0.25) is 4.79 Å². The zero-order valence-corrected chi connectivity index (χ0v) is 14.1. The van der Waals surface area contributed by atoms with E-state index in [0.29, 0.717) is 11.3 Å². The maximum atomic E-state index is 13.1. The zero-order valence-electron chi connectivity index (χ0n) is 9.38. The number of benzene rings is 2. The van der Waals surface area contributed by atoms with E-state index in [0.717, 1.165) is 8.95 Å². The lowest BCUT2D eigenvalue weighted by Gasteiger charge is -2.09. The van der Waals surface area contributed by atoms with Gasteiger partial charge in [0.25, 0.3) is 5.91 Å². The van der Waals surface area contributed by atoms with Gasteiger partial charge in [-0.2, -0.15) is 0 Å². The van der Waals surface area contributed by atoms with Gasteiger partial charge in [-0.05, 0) is 78.1 Å². The smallest absolute Gasteiger partial charge is 0.255 e. The number of rotatable bonds is 2. The number of amides is 1. The highest BCUT2D eigenvalue weighted by Gasteiger charge is 2.12. The lowest BCUT2D eigenvalue weighted by molar-refractivity contribution is 0.102. The van der Waals surface area contributed by atoms with Crippen LogP contribution in [0.2, 0.25) is 0 Å². The molecule has 98 valence electrons. The van der Waals surface area contributed by atoms with Gasteiger partial charge in [0.2, 0.25) is 0 Å². The molecule has 0 fully saturated rings. The van der Waals surface area contributed by atoms with E-state index < -0.39 is 5.82 Å². The molecule has 2 rings (SSSR count). The second-order valence-corrected chi connectivity index (χ2v) is 6.24. The van der Waals surface area contributed by atoms with Crippen LogP contribution in [-0.2, 0) is 0 Å². The van der Waals surface area contributed by atoms with Gasteiger partial charge in [-0.15, -0.1) is 0 Å². The van der Waals surface area contributed by atoms with E-state index >= 15 is 0 Å². The van der Waals surface area contributed by atoms with Crippen molar-refractivity contribution in [3.05, 3.63) is 61.2 Å². The molecule has 0 saturated carbocycles. The number of halogens is 4. The molecule has 0 heterocycles. The largest absolute Gasteiger partial charge is 0.320 e. The number of carbonyl (C=O) groups excluding carboxylic acids is 1. The summed E-state index contributed by atoms with van der Waals surface area (Å²) in [6, 6.07) is 9.60. The lowest BCUT2D eigenvalue weighted by Crippen LogP contribution is -2.12. The maximum absolute atomic E-state index is 13.1. The van der Waals surface area contributed by atoms with E-state index in [-0.39, 0.29) is 10.4 Å². The Bertz CT molecular complexity index is 626. The van der Waals surface area contributed by atoms with E-state index in [9.17, 15) is 9.18 Å². The van der Waals surface area contributed by atoms with Gasteiger partial charge < -0.3 is 5.32 Å². The Labute approximate surface area is 134 Å². The summed E-state index contributed by atoms with van der Waals surface area (Å²) in [7, 11) is 0. The molecule has 0 aliphatic carbocycles. The molecule has 0 aliphatic rings. The van der Waals surface area contributed by atoms with Crippen molar-refractivity contribution in [3.63, 3.8) is 0 Å². The van der Waals surface area contributed by atoms with Crippen molar-refractivity contribution in [2.75, 3.05) is 5.32 Å². The standard InChI is InChI=1S/C13H7Br3FNO/c14-8-2-1-3-9(15)12(8)18-13(19)7-4-5-11(17)10(16)6-7/h1-6H,(H,18,19). The molecule has 1 amide bonds. The molecule has 0 aliphatic heterocycles. The Hall–Kier alpha value is -0.720. The summed E-state index contributed by atoms with van der Waals surface area (Å²) in [5.41, 5.74) is 1.00. The zero-order chi connectivity index (χ0) is 14.0. The molecule has 0 radical (unpaired) electrons. The number of hydrogen-bond acceptors (Lipinski definition) is 1. The van der Waals surface area contributed by atoms with Gasteiger partial charge in [0, 0.05) is 14.5 Å². The van der Waals surface area contributed by atoms with Gasteiger partial charge >= 0.3 is 0 Å². The van der Waals surface area contributed by atoms with Crippen molar-refractivity contribution < 1.29 is 9.18 Å². The quantitative estimate of drug-likeness (QED) is 0.653. The van der Waals surface area contributed by atoms with Crippen molar-refractivity contribution in [1.29, 1.82) is 0 Å². The summed E-state index contributed by atoms with van der Waals surface area (Å²) in [4.78, 5) is 12.1. The topological polar surface area (TPSA) is 29.1 Å². The van der Waals surface area contributed by atoms with E-state index in [2.05, 4.69) is 53.1 Å². The molecular weight excluding hydrogens is 445 g/mol. The number of nitrogens with one attached hydrogen (secondary N) is 1. The maximum Gasteiger partial charge on any atom is 0.255 e. The van der Waals surface area contributed by atoms with Crippen molar-refractivity contribution in [1.82, 2.24) is 0 Å². The summed E-state index contributed by atoms with van der Waals surface area (Å²) >= 11 is 9.78. The average molecular weight is 452 g/mol. The summed E-state index contributed by atoms with van der Waals surface area (Å²) in [6.45, 7) is 0. The Balaban J connectivity index is 2.28. The third-order valence-electron chi connectivity index (χ3n) is 2.38. The molecule has 0 saturated heterocycles. The normalized spacial score (nSPS) is 10.3. The number of para-hydroxylation sites is 1. The molecule has 0 atom stereocenters. The molecule has 2 aromatic carbocycles. The van der Waals surface area contributed by atoms with Crippen LogP contribution in [0.4, 0.5) is 10.1 Å². The molecule has 2 nitrogen and oxygen atoms in total. The minimum Gasteiger partial charge on any atom is -0.320 e. The molecule has 0 unspecified atom stereocenters. The third kappa shape index (κ3) is 3.43. The first-order valence-corrected chi connectivity index (χ1v) is 7.57. The van der Waals surface area contributed by atoms with Gasteiger partial charge in [-0.1, -0.05) is 6.07 Å². The van der Waals surface area contributed by atoms with E-state index in [1.54, 1.807) is 0 Å². The molecular formula is C13H7Br3FNO. The van der Waals surface area contributed by atoms with Crippen LogP contribution in [0, 0.1) is 5.82 Å². The summed E-state index contributed by atoms with van der Waals surface area (Å²) < 4.78 is 14.9. The Morgan fingerprint density at radius 1 is 1.00 bits per heavy atom. The fraction of sp³-hybridized carbons (Fsp3) is 0. The van der Waals surface area contributed by atoms with Crippen LogP contribution in [0.5, 0.6) is 0 Å². The first-order chi connectivity index (χ1) is 8.99. The Morgan fingerprint density at radius 2 is 1.63 bits per heavy atom. The van der Waals surface area contributed by atoms with Crippen LogP contribution in [0.1, 0.15) is 10.4 Å². The van der Waals surface area contributed by atoms with Crippen molar-refractivity contribution in [2.24, 2.45) is 0 Å². The monoisotopic (exact) mass is 449 g/mol. The van der Waals surface area contributed by atoms with E-state index in [1.807, 2.05) is 18.2 Å². The number of hydrogen-bond donors (Lipinski definition) is 1. The van der Waals surface area contributed by atoms with Crippen LogP contribution < -0.4 is 5.32 Å². The number of carbonyl (C=O) groups is 1. The molecule has 2 aromatic rings. The van der Waals surface area contributed by atoms with Gasteiger partial charge in [0.1, 0.15) is 5.82 Å². The first kappa shape index (κ1) is 14.7. The minimum atomic E-state index is -0.404. The second-order valence-electron chi connectivity index (χ2n) is 3.68. The number of anilines is 1. The summed E-state index contributed by atoms with van der Waals surface area (Å²) in [5.74, 6) is -0.716. The van der Waals surface area contributed by atoms with Crippen molar-refractivity contribution in [2.45, 2.75) is 0 Å². The van der Waals surface area contributed by atoms with E-state index in [1.165, 1.54) is 18.2 Å². The molecule has 19 heavy (non-hydrogen) atoms.